The molecule has 7 nitrogen and oxygen atoms in total. The van der Waals surface area contributed by atoms with E-state index < -0.39 is 5.60 Å². The summed E-state index contributed by atoms with van der Waals surface area (Å²) in [5, 5.41) is 3.80. The Balaban J connectivity index is 1.72. The molecule has 1 saturated heterocycles. The summed E-state index contributed by atoms with van der Waals surface area (Å²) in [6.45, 7) is 8.42. The lowest BCUT2D eigenvalue weighted by atomic mass is 10.2. The van der Waals surface area contributed by atoms with Crippen molar-refractivity contribution in [3.05, 3.63) is 10.6 Å². The first kappa shape index (κ1) is 16.2. The number of piperazine rings is 1. The smallest absolute Gasteiger partial charge is 0.410 e. The average Bonchev–Trinajstić information content (AvgIpc) is 2.88. The standard InChI is InChI=1S/C15H22N4O3S/c1-15(2,3)22-14(21)18-6-4-11-10(9-18)17-13(23-11)19-7-5-16-8-12(19)20/h16H,4-9H2,1-3H3. The highest BCUT2D eigenvalue weighted by Crippen LogP contribution is 2.31. The van der Waals surface area contributed by atoms with Gasteiger partial charge in [0.15, 0.2) is 5.13 Å². The van der Waals surface area contributed by atoms with Gasteiger partial charge in [-0.2, -0.15) is 0 Å². The Morgan fingerprint density at radius 1 is 1.35 bits per heavy atom. The van der Waals surface area contributed by atoms with E-state index >= 15 is 0 Å². The van der Waals surface area contributed by atoms with Crippen LogP contribution in [0, 0.1) is 0 Å². The van der Waals surface area contributed by atoms with Crippen molar-refractivity contribution < 1.29 is 14.3 Å². The van der Waals surface area contributed by atoms with Crippen LogP contribution >= 0.6 is 11.3 Å². The van der Waals surface area contributed by atoms with E-state index in [2.05, 4.69) is 10.3 Å². The molecule has 1 aromatic heterocycles. The number of fused-ring (bicyclic) bond motifs is 1. The van der Waals surface area contributed by atoms with Crippen LogP contribution < -0.4 is 10.2 Å². The zero-order valence-electron chi connectivity index (χ0n) is 13.7. The molecular weight excluding hydrogens is 316 g/mol. The first-order valence-corrected chi connectivity index (χ1v) is 8.63. The number of anilines is 1. The van der Waals surface area contributed by atoms with Crippen molar-refractivity contribution in [2.75, 3.05) is 31.1 Å². The van der Waals surface area contributed by atoms with Crippen LogP contribution in [0.5, 0.6) is 0 Å². The highest BCUT2D eigenvalue weighted by Gasteiger charge is 2.30. The van der Waals surface area contributed by atoms with Crippen molar-refractivity contribution in [2.45, 2.75) is 39.3 Å². The van der Waals surface area contributed by atoms with Crippen LogP contribution in [0.15, 0.2) is 0 Å². The third-order valence-corrected chi connectivity index (χ3v) is 4.87. The Morgan fingerprint density at radius 3 is 2.83 bits per heavy atom. The van der Waals surface area contributed by atoms with Gasteiger partial charge in [0.2, 0.25) is 5.91 Å². The molecule has 1 N–H and O–H groups in total. The van der Waals surface area contributed by atoms with Gasteiger partial charge in [0.1, 0.15) is 5.60 Å². The number of hydrogen-bond acceptors (Lipinski definition) is 6. The SMILES string of the molecule is CC(C)(C)OC(=O)N1CCc2sc(N3CCNCC3=O)nc2C1. The highest BCUT2D eigenvalue weighted by molar-refractivity contribution is 7.16. The molecule has 3 heterocycles. The molecule has 1 aromatic rings. The van der Waals surface area contributed by atoms with Crippen molar-refractivity contribution in [1.82, 2.24) is 15.2 Å². The number of thiazole rings is 1. The third kappa shape index (κ3) is 3.64. The summed E-state index contributed by atoms with van der Waals surface area (Å²) < 4.78 is 5.42. The van der Waals surface area contributed by atoms with E-state index in [1.807, 2.05) is 20.8 Å². The lowest BCUT2D eigenvalue weighted by molar-refractivity contribution is -0.118. The van der Waals surface area contributed by atoms with Gasteiger partial charge in [-0.3, -0.25) is 9.69 Å². The fraction of sp³-hybridized carbons (Fsp3) is 0.667. The Kier molecular flexibility index (Phi) is 4.29. The van der Waals surface area contributed by atoms with Crippen molar-refractivity contribution in [1.29, 1.82) is 0 Å². The molecule has 2 aliphatic rings. The Labute approximate surface area is 139 Å². The number of rotatable bonds is 1. The number of amides is 2. The topological polar surface area (TPSA) is 74.8 Å². The van der Waals surface area contributed by atoms with E-state index in [1.165, 1.54) is 0 Å². The fourth-order valence-electron chi connectivity index (χ4n) is 2.59. The summed E-state index contributed by atoms with van der Waals surface area (Å²) in [5.41, 5.74) is 0.381. The second-order valence-electron chi connectivity index (χ2n) is 6.74. The molecule has 0 bridgehead atoms. The molecule has 2 aliphatic heterocycles. The molecule has 0 saturated carbocycles. The second kappa shape index (κ2) is 6.09. The first-order valence-electron chi connectivity index (χ1n) is 7.81. The zero-order chi connectivity index (χ0) is 16.6. The maximum Gasteiger partial charge on any atom is 0.410 e. The molecule has 1 fully saturated rings. The van der Waals surface area contributed by atoms with Crippen LogP contribution in [-0.2, 0) is 22.5 Å². The minimum atomic E-state index is -0.502. The van der Waals surface area contributed by atoms with E-state index in [9.17, 15) is 9.59 Å². The maximum absolute atomic E-state index is 12.2. The van der Waals surface area contributed by atoms with E-state index in [0.29, 0.717) is 26.2 Å². The molecule has 0 radical (unpaired) electrons. The van der Waals surface area contributed by atoms with Crippen molar-refractivity contribution >= 4 is 28.5 Å². The average molecular weight is 338 g/mol. The largest absolute Gasteiger partial charge is 0.444 e. The van der Waals surface area contributed by atoms with Crippen LogP contribution in [0.4, 0.5) is 9.93 Å². The molecule has 3 rings (SSSR count). The predicted molar refractivity (Wildman–Crippen MR) is 87.7 cm³/mol. The quantitative estimate of drug-likeness (QED) is 0.837. The van der Waals surface area contributed by atoms with Gasteiger partial charge in [0, 0.05) is 30.9 Å². The van der Waals surface area contributed by atoms with Crippen molar-refractivity contribution in [2.24, 2.45) is 0 Å². The lowest BCUT2D eigenvalue weighted by Gasteiger charge is -2.29. The van der Waals surface area contributed by atoms with E-state index in [0.717, 1.165) is 28.7 Å². The Hall–Kier alpha value is -1.67. The van der Waals surface area contributed by atoms with Gasteiger partial charge in [-0.25, -0.2) is 9.78 Å². The van der Waals surface area contributed by atoms with Gasteiger partial charge in [0.05, 0.1) is 18.8 Å². The summed E-state index contributed by atoms with van der Waals surface area (Å²) in [7, 11) is 0. The lowest BCUT2D eigenvalue weighted by Crippen LogP contribution is -2.48. The number of ether oxygens (including phenoxy) is 1. The number of nitrogens with one attached hydrogen (secondary N) is 1. The number of carbonyl (C=O) groups is 2. The van der Waals surface area contributed by atoms with Gasteiger partial charge in [-0.1, -0.05) is 0 Å². The van der Waals surface area contributed by atoms with Crippen LogP contribution in [0.3, 0.4) is 0 Å². The summed E-state index contributed by atoms with van der Waals surface area (Å²) in [6.07, 6.45) is 0.447. The minimum absolute atomic E-state index is 0.0475. The Bertz CT molecular complexity index is 623. The summed E-state index contributed by atoms with van der Waals surface area (Å²) >= 11 is 1.56. The van der Waals surface area contributed by atoms with E-state index in [-0.39, 0.29) is 12.0 Å². The molecule has 8 heteroatoms. The summed E-state index contributed by atoms with van der Waals surface area (Å²) in [5.74, 6) is 0.0475. The van der Waals surface area contributed by atoms with Crippen LogP contribution in [-0.4, -0.2) is 53.7 Å². The van der Waals surface area contributed by atoms with E-state index in [4.69, 9.17) is 4.74 Å². The van der Waals surface area contributed by atoms with Gasteiger partial charge in [0.25, 0.3) is 0 Å². The molecule has 0 atom stereocenters. The van der Waals surface area contributed by atoms with Crippen molar-refractivity contribution in [3.8, 4) is 0 Å². The molecule has 0 unspecified atom stereocenters. The van der Waals surface area contributed by atoms with Gasteiger partial charge in [-0.05, 0) is 20.8 Å². The zero-order valence-corrected chi connectivity index (χ0v) is 14.5. The normalized spacial score (nSPS) is 18.8. The Morgan fingerprint density at radius 2 is 2.13 bits per heavy atom. The minimum Gasteiger partial charge on any atom is -0.444 e. The maximum atomic E-state index is 12.2. The molecule has 126 valence electrons. The van der Waals surface area contributed by atoms with Crippen LogP contribution in [0.1, 0.15) is 31.3 Å². The third-order valence-electron chi connectivity index (χ3n) is 3.69. The van der Waals surface area contributed by atoms with Crippen LogP contribution in [0.2, 0.25) is 0 Å². The molecular formula is C15H22N4O3S. The van der Waals surface area contributed by atoms with Gasteiger partial charge < -0.3 is 15.0 Å². The number of carbonyl (C=O) groups excluding carboxylic acids is 2. The predicted octanol–water partition coefficient (Wildman–Crippen LogP) is 1.37. The molecule has 2 amide bonds. The molecule has 0 aromatic carbocycles. The highest BCUT2D eigenvalue weighted by atomic mass is 32.1. The summed E-state index contributed by atoms with van der Waals surface area (Å²) in [6, 6.07) is 0. The number of nitrogens with zero attached hydrogens (tertiary/aromatic N) is 3. The molecule has 0 aliphatic carbocycles. The van der Waals surface area contributed by atoms with Gasteiger partial charge >= 0.3 is 6.09 Å². The van der Waals surface area contributed by atoms with Crippen LogP contribution in [0.25, 0.3) is 0 Å². The second-order valence-corrected chi connectivity index (χ2v) is 7.80. The van der Waals surface area contributed by atoms with Crippen molar-refractivity contribution in [3.63, 3.8) is 0 Å². The summed E-state index contributed by atoms with van der Waals surface area (Å²) in [4.78, 5) is 33.3. The molecule has 23 heavy (non-hydrogen) atoms. The van der Waals surface area contributed by atoms with E-state index in [1.54, 1.807) is 21.1 Å². The monoisotopic (exact) mass is 338 g/mol. The first-order chi connectivity index (χ1) is 10.8. The fourth-order valence-corrected chi connectivity index (χ4v) is 3.69. The number of aromatic nitrogens is 1. The van der Waals surface area contributed by atoms with Gasteiger partial charge in [-0.15, -0.1) is 11.3 Å². The molecule has 0 spiro atoms. The number of hydrogen-bond donors (Lipinski definition) is 1.